The normalized spacial score (nSPS) is 16.4. The zero-order valence-corrected chi connectivity index (χ0v) is 18.6. The number of rotatable bonds is 2. The minimum absolute atomic E-state index is 0. The fourth-order valence-corrected chi connectivity index (χ4v) is 2.59. The number of halogens is 1. The van der Waals surface area contributed by atoms with Crippen LogP contribution in [0.5, 0.6) is 0 Å². The Balaban J connectivity index is 0.00000288. The van der Waals surface area contributed by atoms with Crippen LogP contribution in [-0.2, 0) is 19.5 Å². The molecule has 2 rings (SSSR count). The number of hydrogen-bond donors (Lipinski definition) is 0. The fourth-order valence-electron chi connectivity index (χ4n) is 2.25. The largest absolute Gasteiger partial charge is 1.00 e. The van der Waals surface area contributed by atoms with Crippen LogP contribution in [0.1, 0.15) is 32.8 Å². The van der Waals surface area contributed by atoms with Gasteiger partial charge in [0.15, 0.2) is 0 Å². The Morgan fingerprint density at radius 3 is 2.54 bits per heavy atom. The van der Waals surface area contributed by atoms with Crippen LogP contribution < -0.4 is 56.3 Å². The summed E-state index contributed by atoms with van der Waals surface area (Å²) in [5.41, 5.74) is 0.689. The number of nitrogens with zero attached hydrogens (tertiary/aromatic N) is 2. The quantitative estimate of drug-likeness (QED) is 0.284. The molecule has 0 fully saturated rings. The predicted octanol–water partition coefficient (Wildman–Crippen LogP) is -0.692. The Labute approximate surface area is 188 Å². The van der Waals surface area contributed by atoms with E-state index >= 15 is 0 Å². The number of amides is 1. The molecule has 1 aromatic carbocycles. The van der Waals surface area contributed by atoms with E-state index < -0.39 is 15.8 Å². The Kier molecular flexibility index (Phi) is 7.46. The molecular formula is C14H16ClKN2O5S. The van der Waals surface area contributed by atoms with Crippen LogP contribution in [0.25, 0.3) is 0 Å². The third-order valence-corrected chi connectivity index (χ3v) is 3.75. The zero-order chi connectivity index (χ0) is 17.4. The molecule has 1 aromatic rings. The first-order valence-electron chi connectivity index (χ1n) is 6.82. The maximum atomic E-state index is 12.6. The molecule has 0 saturated carbocycles. The second-order valence-electron chi connectivity index (χ2n) is 6.14. The third-order valence-electron chi connectivity index (χ3n) is 3.26. The number of carbonyl (C=O) groups excluding carboxylic acids is 1. The van der Waals surface area contributed by atoms with Crippen LogP contribution in [0.2, 0.25) is 5.02 Å². The molecule has 24 heavy (non-hydrogen) atoms. The van der Waals surface area contributed by atoms with Crippen LogP contribution in [-0.4, -0.2) is 31.1 Å². The first kappa shape index (κ1) is 22.0. The molecule has 0 aromatic heterocycles. The first-order valence-corrected chi connectivity index (χ1v) is 8.53. The van der Waals surface area contributed by atoms with Gasteiger partial charge < -0.3 is 9.45 Å². The van der Waals surface area contributed by atoms with Crippen molar-refractivity contribution in [3.63, 3.8) is 0 Å². The second-order valence-corrected chi connectivity index (χ2v) is 7.54. The summed E-state index contributed by atoms with van der Waals surface area (Å²) >= 11 is 6.00. The molecule has 0 aliphatic carbocycles. The number of anilines is 1. The van der Waals surface area contributed by atoms with Crippen molar-refractivity contribution in [3.05, 3.63) is 28.8 Å². The summed E-state index contributed by atoms with van der Waals surface area (Å²) in [5, 5.41) is 3.84. The van der Waals surface area contributed by atoms with Gasteiger partial charge in [-0.3, -0.25) is 9.08 Å². The summed E-state index contributed by atoms with van der Waals surface area (Å²) in [5.74, 6) is -0.0996. The summed E-state index contributed by atoms with van der Waals surface area (Å²) in [6, 6.07) is 4.80. The van der Waals surface area contributed by atoms with Gasteiger partial charge in [-0.15, -0.1) is 0 Å². The summed E-state index contributed by atoms with van der Waals surface area (Å²) in [6.45, 7) is 5.69. The monoisotopic (exact) mass is 398 g/mol. The smallest absolute Gasteiger partial charge is 0.714 e. The van der Waals surface area contributed by atoms with E-state index in [2.05, 4.69) is 9.44 Å². The van der Waals surface area contributed by atoms with E-state index in [1.807, 2.05) is 0 Å². The molecule has 0 N–H and O–H groups in total. The molecule has 0 bridgehead atoms. The van der Waals surface area contributed by atoms with Gasteiger partial charge in [-0.25, -0.2) is 0 Å². The van der Waals surface area contributed by atoms with Gasteiger partial charge in [0.25, 0.3) is 10.4 Å². The van der Waals surface area contributed by atoms with Crippen molar-refractivity contribution in [3.8, 4) is 0 Å². The summed E-state index contributed by atoms with van der Waals surface area (Å²) in [6.07, 6.45) is 0.256. The molecule has 1 aliphatic heterocycles. The van der Waals surface area contributed by atoms with E-state index in [9.17, 15) is 17.8 Å². The van der Waals surface area contributed by atoms with Crippen molar-refractivity contribution in [2.45, 2.75) is 27.2 Å². The van der Waals surface area contributed by atoms with Crippen molar-refractivity contribution in [1.29, 1.82) is 0 Å². The van der Waals surface area contributed by atoms with Crippen molar-refractivity contribution >= 4 is 39.3 Å². The third kappa shape index (κ3) is 5.50. The molecule has 10 heteroatoms. The molecule has 0 spiro atoms. The standard InChI is InChI=1S/C14H17ClN2O5S.K/c1-14(2,3)13(18)17-7-6-11(16-22-23(19,20)21)10-5-4-9(15)8-12(10)17;/h4-5,8H,6-7H2,1-3H3,(H,19,20,21);/q;+1/p-1/b16-11-;. The Bertz CT molecular complexity index is 774. The molecule has 0 atom stereocenters. The minimum atomic E-state index is -4.93. The molecule has 0 saturated heterocycles. The summed E-state index contributed by atoms with van der Waals surface area (Å²) < 4.78 is 35.7. The molecular weight excluding hydrogens is 383 g/mol. The maximum Gasteiger partial charge on any atom is 1.00 e. The number of benzene rings is 1. The van der Waals surface area contributed by atoms with E-state index in [4.69, 9.17) is 11.6 Å². The number of hydrogen-bond acceptors (Lipinski definition) is 6. The van der Waals surface area contributed by atoms with Crippen LogP contribution in [0, 0.1) is 5.41 Å². The van der Waals surface area contributed by atoms with Crippen LogP contribution >= 0.6 is 11.6 Å². The van der Waals surface area contributed by atoms with E-state index in [0.29, 0.717) is 16.3 Å². The average molecular weight is 399 g/mol. The molecule has 126 valence electrons. The van der Waals surface area contributed by atoms with Gasteiger partial charge >= 0.3 is 51.4 Å². The molecule has 7 nitrogen and oxygen atoms in total. The van der Waals surface area contributed by atoms with Crippen molar-refractivity contribution in [1.82, 2.24) is 0 Å². The number of carbonyl (C=O) groups is 1. The van der Waals surface area contributed by atoms with Crippen LogP contribution in [0.15, 0.2) is 23.4 Å². The fraction of sp³-hybridized carbons (Fsp3) is 0.429. The van der Waals surface area contributed by atoms with Gasteiger partial charge in [0, 0.05) is 29.0 Å². The van der Waals surface area contributed by atoms with Gasteiger partial charge in [0.05, 0.1) is 11.4 Å². The molecule has 0 radical (unpaired) electrons. The van der Waals surface area contributed by atoms with Crippen LogP contribution in [0.3, 0.4) is 0 Å². The van der Waals surface area contributed by atoms with Gasteiger partial charge in [-0.05, 0) is 18.2 Å². The molecule has 1 aliphatic rings. The first-order chi connectivity index (χ1) is 10.5. The van der Waals surface area contributed by atoms with Crippen molar-refractivity contribution < 1.29 is 73.4 Å². The second kappa shape index (κ2) is 8.13. The van der Waals surface area contributed by atoms with Gasteiger partial charge in [-0.1, -0.05) is 37.5 Å². The van der Waals surface area contributed by atoms with Gasteiger partial charge in [0.2, 0.25) is 5.91 Å². The predicted molar refractivity (Wildman–Crippen MR) is 85.2 cm³/mol. The number of oxime groups is 1. The van der Waals surface area contributed by atoms with E-state index in [-0.39, 0.29) is 76.0 Å². The molecule has 0 unspecified atom stereocenters. The Morgan fingerprint density at radius 1 is 1.38 bits per heavy atom. The summed E-state index contributed by atoms with van der Waals surface area (Å²) in [7, 11) is -4.93. The topological polar surface area (TPSA) is 99.1 Å². The van der Waals surface area contributed by atoms with Gasteiger partial charge in [-0.2, -0.15) is 8.42 Å². The van der Waals surface area contributed by atoms with Crippen LogP contribution in [0.4, 0.5) is 5.69 Å². The van der Waals surface area contributed by atoms with Gasteiger partial charge in [0.1, 0.15) is 0 Å². The Hall–Kier alpha value is -0.00364. The zero-order valence-electron chi connectivity index (χ0n) is 13.9. The van der Waals surface area contributed by atoms with Crippen molar-refractivity contribution in [2.75, 3.05) is 11.4 Å². The Morgan fingerprint density at radius 2 is 2.00 bits per heavy atom. The van der Waals surface area contributed by atoms with E-state index in [0.717, 1.165) is 0 Å². The van der Waals surface area contributed by atoms with Crippen molar-refractivity contribution in [2.24, 2.45) is 10.6 Å². The average Bonchev–Trinajstić information content (AvgIpc) is 2.41. The minimum Gasteiger partial charge on any atom is -0.714 e. The molecule has 1 amide bonds. The van der Waals surface area contributed by atoms with E-state index in [1.165, 1.54) is 0 Å². The number of fused-ring (bicyclic) bond motifs is 1. The van der Waals surface area contributed by atoms with E-state index in [1.54, 1.807) is 43.9 Å². The summed E-state index contributed by atoms with van der Waals surface area (Å²) in [4.78, 5) is 14.2. The SMILES string of the molecule is CC(C)(C)C(=O)N1CC/C(=N/OS(=O)(=O)[O-])c2ccc(Cl)cc21.[K+]. The molecule has 1 heterocycles. The maximum absolute atomic E-state index is 12.6.